The fourth-order valence-electron chi connectivity index (χ4n) is 3.06. The molecule has 0 bridgehead atoms. The zero-order valence-electron chi connectivity index (χ0n) is 14.6. The lowest BCUT2D eigenvalue weighted by Crippen LogP contribution is -2.34. The van der Waals surface area contributed by atoms with Crippen molar-refractivity contribution in [3.05, 3.63) is 70.3 Å². The first-order valence-electron chi connectivity index (χ1n) is 8.25. The molecule has 1 aliphatic rings. The highest BCUT2D eigenvalue weighted by Crippen LogP contribution is 2.25. The second-order valence-electron chi connectivity index (χ2n) is 6.73. The molecule has 0 unspecified atom stereocenters. The molecular weight excluding hydrogens is 316 g/mol. The molecule has 2 aromatic carbocycles. The summed E-state index contributed by atoms with van der Waals surface area (Å²) in [5, 5.41) is 0. The Balaban J connectivity index is 2.06. The van der Waals surface area contributed by atoms with Crippen molar-refractivity contribution < 1.29 is 19.1 Å². The smallest absolute Gasteiger partial charge is 0.233 e. The molecular formula is C21H20O4. The first-order chi connectivity index (χ1) is 11.8. The highest BCUT2D eigenvalue weighted by atomic mass is 16.5. The lowest BCUT2D eigenvalue weighted by molar-refractivity contribution is 0.0228. The van der Waals surface area contributed by atoms with E-state index in [0.717, 1.165) is 11.1 Å². The lowest BCUT2D eigenvalue weighted by atomic mass is 9.85. The lowest BCUT2D eigenvalue weighted by Gasteiger charge is -2.22. The second-order valence-corrected chi connectivity index (χ2v) is 6.73. The number of carbonyl (C=O) groups is 3. The predicted octanol–water partition coefficient (Wildman–Crippen LogP) is 3.46. The van der Waals surface area contributed by atoms with Crippen LogP contribution in [0.25, 0.3) is 0 Å². The Morgan fingerprint density at radius 1 is 0.920 bits per heavy atom. The standard InChI is InChI=1S/C21H20O4/c1-21(2,25-3)20(24)15-11-10-14-9-8-13-6-4-5-7-16(13)18(22)19(23)17(14)12-15/h4-7,10-12H,8-9H2,1-3H3. The van der Waals surface area contributed by atoms with E-state index in [-0.39, 0.29) is 5.78 Å². The summed E-state index contributed by atoms with van der Waals surface area (Å²) in [6, 6.07) is 12.2. The average molecular weight is 336 g/mol. The first-order valence-corrected chi connectivity index (χ1v) is 8.25. The molecule has 0 amide bonds. The van der Waals surface area contributed by atoms with Gasteiger partial charge in [-0.25, -0.2) is 0 Å². The monoisotopic (exact) mass is 336 g/mol. The summed E-state index contributed by atoms with van der Waals surface area (Å²) in [7, 11) is 1.47. The number of hydrogen-bond acceptors (Lipinski definition) is 4. The van der Waals surface area contributed by atoms with Crippen molar-refractivity contribution in [3.63, 3.8) is 0 Å². The summed E-state index contributed by atoms with van der Waals surface area (Å²) >= 11 is 0. The quantitative estimate of drug-likeness (QED) is 0.636. The number of ketones is 3. The summed E-state index contributed by atoms with van der Waals surface area (Å²) in [6.45, 7) is 3.35. The molecule has 0 N–H and O–H groups in total. The summed E-state index contributed by atoms with van der Waals surface area (Å²) in [5.74, 6) is -1.31. The maximum Gasteiger partial charge on any atom is 0.233 e. The van der Waals surface area contributed by atoms with Crippen LogP contribution in [-0.2, 0) is 17.6 Å². The summed E-state index contributed by atoms with van der Waals surface area (Å²) in [6.07, 6.45) is 1.33. The Morgan fingerprint density at radius 2 is 1.52 bits per heavy atom. The molecule has 2 aromatic rings. The molecule has 0 radical (unpaired) electrons. The normalized spacial score (nSPS) is 14.4. The number of carbonyl (C=O) groups excluding carboxylic acids is 3. The van der Waals surface area contributed by atoms with E-state index < -0.39 is 17.2 Å². The minimum absolute atomic E-state index is 0.222. The zero-order valence-corrected chi connectivity index (χ0v) is 14.6. The van der Waals surface area contributed by atoms with Gasteiger partial charge in [0.2, 0.25) is 11.6 Å². The van der Waals surface area contributed by atoms with Crippen LogP contribution in [0, 0.1) is 0 Å². The van der Waals surface area contributed by atoms with Gasteiger partial charge in [0, 0.05) is 23.8 Å². The van der Waals surface area contributed by atoms with E-state index in [1.54, 1.807) is 38.1 Å². The van der Waals surface area contributed by atoms with E-state index in [1.807, 2.05) is 12.1 Å². The highest BCUT2D eigenvalue weighted by Gasteiger charge is 2.31. The molecule has 0 aromatic heterocycles. The molecule has 0 aliphatic heterocycles. The van der Waals surface area contributed by atoms with Gasteiger partial charge in [-0.3, -0.25) is 14.4 Å². The number of methoxy groups -OCH3 is 1. The average Bonchev–Trinajstić information content (AvgIpc) is 2.63. The Bertz CT molecular complexity index is 877. The maximum absolute atomic E-state index is 12.8. The number of rotatable bonds is 3. The van der Waals surface area contributed by atoms with Crippen molar-refractivity contribution in [2.75, 3.05) is 7.11 Å². The molecule has 4 heteroatoms. The van der Waals surface area contributed by atoms with Crippen LogP contribution < -0.4 is 0 Å². The van der Waals surface area contributed by atoms with Crippen LogP contribution in [-0.4, -0.2) is 30.1 Å². The van der Waals surface area contributed by atoms with Gasteiger partial charge in [0.25, 0.3) is 0 Å². The van der Waals surface area contributed by atoms with Crippen molar-refractivity contribution in [1.82, 2.24) is 0 Å². The third-order valence-corrected chi connectivity index (χ3v) is 4.81. The Labute approximate surface area is 146 Å². The zero-order chi connectivity index (χ0) is 18.2. The predicted molar refractivity (Wildman–Crippen MR) is 94.4 cm³/mol. The molecule has 25 heavy (non-hydrogen) atoms. The number of benzene rings is 2. The topological polar surface area (TPSA) is 60.4 Å². The number of ether oxygens (including phenoxy) is 1. The van der Waals surface area contributed by atoms with E-state index >= 15 is 0 Å². The molecule has 0 spiro atoms. The van der Waals surface area contributed by atoms with Gasteiger partial charge in [0.05, 0.1) is 0 Å². The molecule has 0 saturated heterocycles. The number of Topliss-reactive ketones (excluding diaryl/α,β-unsaturated/α-hetero) is 3. The minimum atomic E-state index is -0.991. The Morgan fingerprint density at radius 3 is 2.20 bits per heavy atom. The third-order valence-electron chi connectivity index (χ3n) is 4.81. The molecule has 0 atom stereocenters. The molecule has 1 aliphatic carbocycles. The highest BCUT2D eigenvalue weighted by molar-refractivity contribution is 6.50. The van der Waals surface area contributed by atoms with Crippen molar-refractivity contribution in [1.29, 1.82) is 0 Å². The van der Waals surface area contributed by atoms with Gasteiger partial charge in [-0.05, 0) is 43.9 Å². The van der Waals surface area contributed by atoms with Crippen LogP contribution in [0.4, 0.5) is 0 Å². The van der Waals surface area contributed by atoms with Crippen LogP contribution >= 0.6 is 0 Å². The van der Waals surface area contributed by atoms with Crippen molar-refractivity contribution in [2.24, 2.45) is 0 Å². The largest absolute Gasteiger partial charge is 0.371 e. The maximum atomic E-state index is 12.8. The molecule has 0 saturated carbocycles. The van der Waals surface area contributed by atoms with E-state index in [4.69, 9.17) is 4.74 Å². The number of hydrogen-bond donors (Lipinski definition) is 0. The molecule has 128 valence electrons. The molecule has 0 fully saturated rings. The molecule has 0 heterocycles. The van der Waals surface area contributed by atoms with Gasteiger partial charge in [-0.15, -0.1) is 0 Å². The fourth-order valence-corrected chi connectivity index (χ4v) is 3.06. The van der Waals surface area contributed by atoms with E-state index in [0.29, 0.717) is 29.5 Å². The number of aryl methyl sites for hydroxylation is 2. The van der Waals surface area contributed by atoms with Crippen LogP contribution in [0.5, 0.6) is 0 Å². The van der Waals surface area contributed by atoms with Gasteiger partial charge >= 0.3 is 0 Å². The molecule has 4 nitrogen and oxygen atoms in total. The van der Waals surface area contributed by atoms with Crippen LogP contribution in [0.1, 0.15) is 56.0 Å². The first kappa shape index (κ1) is 17.2. The van der Waals surface area contributed by atoms with Crippen molar-refractivity contribution in [2.45, 2.75) is 32.3 Å². The van der Waals surface area contributed by atoms with E-state index in [9.17, 15) is 14.4 Å². The van der Waals surface area contributed by atoms with E-state index in [1.165, 1.54) is 13.2 Å². The summed E-state index contributed by atoms with van der Waals surface area (Å²) < 4.78 is 5.24. The summed E-state index contributed by atoms with van der Waals surface area (Å²) in [5.41, 5.74) is 1.83. The summed E-state index contributed by atoms with van der Waals surface area (Å²) in [4.78, 5) is 38.0. The Hall–Kier alpha value is -2.59. The van der Waals surface area contributed by atoms with Crippen LogP contribution in [0.3, 0.4) is 0 Å². The second kappa shape index (κ2) is 6.37. The van der Waals surface area contributed by atoms with Crippen LogP contribution in [0.15, 0.2) is 42.5 Å². The van der Waals surface area contributed by atoms with Gasteiger partial charge in [-0.2, -0.15) is 0 Å². The number of fused-ring (bicyclic) bond motifs is 2. The van der Waals surface area contributed by atoms with Gasteiger partial charge in [0.15, 0.2) is 5.78 Å². The van der Waals surface area contributed by atoms with Gasteiger partial charge in [0.1, 0.15) is 5.60 Å². The third kappa shape index (κ3) is 3.05. The SMILES string of the molecule is COC(C)(C)C(=O)c1ccc2c(c1)C(=O)C(=O)c1ccccc1CC2. The van der Waals surface area contributed by atoms with Gasteiger partial charge < -0.3 is 4.74 Å². The fraction of sp³-hybridized carbons (Fsp3) is 0.286. The van der Waals surface area contributed by atoms with Crippen molar-refractivity contribution >= 4 is 17.3 Å². The minimum Gasteiger partial charge on any atom is -0.371 e. The molecule has 3 rings (SSSR count). The van der Waals surface area contributed by atoms with E-state index in [2.05, 4.69) is 0 Å². The Kier molecular flexibility index (Phi) is 4.39. The van der Waals surface area contributed by atoms with Crippen LogP contribution in [0.2, 0.25) is 0 Å². The van der Waals surface area contributed by atoms with Gasteiger partial charge in [-0.1, -0.05) is 36.4 Å². The van der Waals surface area contributed by atoms with Crippen molar-refractivity contribution in [3.8, 4) is 0 Å².